The molecule has 1 fully saturated rings. The average Bonchev–Trinajstić information content (AvgIpc) is 2.99. The fourth-order valence-corrected chi connectivity index (χ4v) is 2.19. The van der Waals surface area contributed by atoms with Gasteiger partial charge in [-0.1, -0.05) is 19.1 Å². The monoisotopic (exact) mass is 265 g/mol. The Bertz CT molecular complexity index is 409. The fourth-order valence-electron chi connectivity index (χ4n) is 2.19. The summed E-state index contributed by atoms with van der Waals surface area (Å²) in [7, 11) is 0. The minimum absolute atomic E-state index is 0.143. The molecule has 2 rings (SSSR count). The van der Waals surface area contributed by atoms with E-state index in [1.807, 2.05) is 11.1 Å². The fraction of sp³-hybridized carbons (Fsp3) is 0.769. The summed E-state index contributed by atoms with van der Waals surface area (Å²) < 4.78 is 1.63. The zero-order valence-electron chi connectivity index (χ0n) is 11.8. The van der Waals surface area contributed by atoms with Crippen molar-refractivity contribution >= 4 is 5.91 Å². The van der Waals surface area contributed by atoms with E-state index in [0.717, 1.165) is 38.2 Å². The van der Waals surface area contributed by atoms with Crippen LogP contribution in [0.1, 0.15) is 32.4 Å². The number of likely N-dealkylation sites (tertiary alicyclic amines) is 1. The molecule has 19 heavy (non-hydrogen) atoms. The Hall–Kier alpha value is -1.43. The van der Waals surface area contributed by atoms with Crippen LogP contribution in [0.25, 0.3) is 0 Å². The van der Waals surface area contributed by atoms with E-state index in [4.69, 9.17) is 0 Å². The molecule has 1 N–H and O–H groups in total. The zero-order valence-corrected chi connectivity index (χ0v) is 11.8. The van der Waals surface area contributed by atoms with Gasteiger partial charge in [-0.05, 0) is 25.3 Å². The highest BCUT2D eigenvalue weighted by atomic mass is 16.2. The van der Waals surface area contributed by atoms with E-state index in [1.165, 1.54) is 0 Å². The lowest BCUT2D eigenvalue weighted by atomic mass is 10.2. The number of carbonyl (C=O) groups is 1. The quantitative estimate of drug-likeness (QED) is 0.820. The Morgan fingerprint density at radius 3 is 2.84 bits per heavy atom. The van der Waals surface area contributed by atoms with Crippen molar-refractivity contribution in [3.8, 4) is 0 Å². The molecule has 0 radical (unpaired) electrons. The molecule has 106 valence electrons. The normalized spacial score (nSPS) is 15.4. The first-order chi connectivity index (χ1) is 9.15. The summed E-state index contributed by atoms with van der Waals surface area (Å²) in [6.45, 7) is 8.07. The third-order valence-corrected chi connectivity index (χ3v) is 3.20. The van der Waals surface area contributed by atoms with Gasteiger partial charge >= 0.3 is 0 Å². The van der Waals surface area contributed by atoms with E-state index in [-0.39, 0.29) is 5.91 Å². The maximum absolute atomic E-state index is 11.9. The summed E-state index contributed by atoms with van der Waals surface area (Å²) in [6.07, 6.45) is 4.09. The minimum atomic E-state index is 0.143. The number of rotatable bonds is 6. The van der Waals surface area contributed by atoms with Gasteiger partial charge in [0, 0.05) is 19.6 Å². The smallest absolute Gasteiger partial charge is 0.244 e. The van der Waals surface area contributed by atoms with Crippen molar-refractivity contribution in [2.24, 2.45) is 5.92 Å². The van der Waals surface area contributed by atoms with Crippen LogP contribution in [-0.4, -0.2) is 45.4 Å². The van der Waals surface area contributed by atoms with E-state index < -0.39 is 0 Å². The van der Waals surface area contributed by atoms with Crippen LogP contribution in [0.4, 0.5) is 0 Å². The van der Waals surface area contributed by atoms with Gasteiger partial charge < -0.3 is 10.2 Å². The van der Waals surface area contributed by atoms with Gasteiger partial charge in [-0.2, -0.15) is 0 Å². The molecule has 6 heteroatoms. The molecule has 1 aromatic heterocycles. The molecule has 1 aromatic rings. The topological polar surface area (TPSA) is 63.1 Å². The third-order valence-electron chi connectivity index (χ3n) is 3.20. The highest BCUT2D eigenvalue weighted by Crippen LogP contribution is 2.08. The van der Waals surface area contributed by atoms with Crippen LogP contribution >= 0.6 is 0 Å². The predicted octanol–water partition coefficient (Wildman–Crippen LogP) is 0.646. The molecule has 2 heterocycles. The van der Waals surface area contributed by atoms with Gasteiger partial charge in [0.25, 0.3) is 0 Å². The van der Waals surface area contributed by atoms with Crippen molar-refractivity contribution in [3.05, 3.63) is 11.9 Å². The lowest BCUT2D eigenvalue weighted by Gasteiger charge is -2.14. The number of carbonyl (C=O) groups excluding carboxylic acids is 1. The molecule has 0 saturated carbocycles. The summed E-state index contributed by atoms with van der Waals surface area (Å²) in [5.74, 6) is 0.760. The van der Waals surface area contributed by atoms with Crippen LogP contribution in [-0.2, 0) is 17.9 Å². The summed E-state index contributed by atoms with van der Waals surface area (Å²) in [5, 5.41) is 11.4. The van der Waals surface area contributed by atoms with Crippen LogP contribution in [0.2, 0.25) is 0 Å². The van der Waals surface area contributed by atoms with Crippen LogP contribution in [0.3, 0.4) is 0 Å². The van der Waals surface area contributed by atoms with E-state index >= 15 is 0 Å². The molecule has 0 spiro atoms. The maximum Gasteiger partial charge on any atom is 0.244 e. The third kappa shape index (κ3) is 4.31. The van der Waals surface area contributed by atoms with Crippen molar-refractivity contribution in [2.45, 2.75) is 39.8 Å². The molecular formula is C13H23N5O. The first-order valence-electron chi connectivity index (χ1n) is 7.02. The Balaban J connectivity index is 1.78. The van der Waals surface area contributed by atoms with Gasteiger partial charge in [-0.3, -0.25) is 4.79 Å². The van der Waals surface area contributed by atoms with Crippen molar-refractivity contribution in [1.82, 2.24) is 25.2 Å². The molecule has 0 aliphatic carbocycles. The standard InChI is InChI=1S/C13H23N5O/c1-11(2)7-14-8-12-9-18(16-15-12)10-13(19)17-5-3-4-6-17/h9,11,14H,3-8,10H2,1-2H3. The summed E-state index contributed by atoms with van der Waals surface area (Å²) >= 11 is 0. The molecule has 1 aliphatic rings. The molecule has 0 bridgehead atoms. The number of nitrogens with zero attached hydrogens (tertiary/aromatic N) is 4. The Morgan fingerprint density at radius 1 is 1.42 bits per heavy atom. The second-order valence-corrected chi connectivity index (χ2v) is 5.52. The maximum atomic E-state index is 11.9. The number of hydrogen-bond acceptors (Lipinski definition) is 4. The summed E-state index contributed by atoms with van der Waals surface area (Å²) in [4.78, 5) is 13.9. The van der Waals surface area contributed by atoms with E-state index in [2.05, 4.69) is 29.5 Å². The average molecular weight is 265 g/mol. The largest absolute Gasteiger partial charge is 0.341 e. The highest BCUT2D eigenvalue weighted by molar-refractivity contribution is 5.76. The summed E-state index contributed by atoms with van der Waals surface area (Å²) in [6, 6.07) is 0. The molecule has 1 amide bonds. The molecule has 1 saturated heterocycles. The second kappa shape index (κ2) is 6.65. The highest BCUT2D eigenvalue weighted by Gasteiger charge is 2.18. The van der Waals surface area contributed by atoms with Gasteiger partial charge in [0.2, 0.25) is 5.91 Å². The van der Waals surface area contributed by atoms with Crippen molar-refractivity contribution < 1.29 is 4.79 Å². The molecule has 1 aliphatic heterocycles. The minimum Gasteiger partial charge on any atom is -0.341 e. The first-order valence-corrected chi connectivity index (χ1v) is 7.02. The lowest BCUT2D eigenvalue weighted by Crippen LogP contribution is -2.31. The Labute approximate surface area is 114 Å². The van der Waals surface area contributed by atoms with Gasteiger partial charge in [0.05, 0.1) is 11.9 Å². The number of hydrogen-bond donors (Lipinski definition) is 1. The molecular weight excluding hydrogens is 242 g/mol. The second-order valence-electron chi connectivity index (χ2n) is 5.52. The zero-order chi connectivity index (χ0) is 13.7. The SMILES string of the molecule is CC(C)CNCc1cn(CC(=O)N2CCCC2)nn1. The number of aromatic nitrogens is 3. The summed E-state index contributed by atoms with van der Waals surface area (Å²) in [5.41, 5.74) is 0.884. The van der Waals surface area contributed by atoms with Crippen molar-refractivity contribution in [1.29, 1.82) is 0 Å². The Kier molecular flexibility index (Phi) is 4.90. The van der Waals surface area contributed by atoms with E-state index in [1.54, 1.807) is 4.68 Å². The van der Waals surface area contributed by atoms with Gasteiger partial charge in [0.15, 0.2) is 0 Å². The molecule has 6 nitrogen and oxygen atoms in total. The van der Waals surface area contributed by atoms with E-state index in [0.29, 0.717) is 19.0 Å². The van der Waals surface area contributed by atoms with Crippen LogP contribution in [0.15, 0.2) is 6.20 Å². The lowest BCUT2D eigenvalue weighted by molar-refractivity contribution is -0.130. The van der Waals surface area contributed by atoms with Crippen LogP contribution < -0.4 is 5.32 Å². The predicted molar refractivity (Wildman–Crippen MR) is 72.4 cm³/mol. The molecule has 0 atom stereocenters. The van der Waals surface area contributed by atoms with Gasteiger partial charge in [0.1, 0.15) is 6.54 Å². The van der Waals surface area contributed by atoms with Crippen LogP contribution in [0.5, 0.6) is 0 Å². The number of nitrogens with one attached hydrogen (secondary N) is 1. The van der Waals surface area contributed by atoms with Gasteiger partial charge in [-0.15, -0.1) is 5.10 Å². The Morgan fingerprint density at radius 2 is 2.16 bits per heavy atom. The molecule has 0 unspecified atom stereocenters. The van der Waals surface area contributed by atoms with E-state index in [9.17, 15) is 4.79 Å². The van der Waals surface area contributed by atoms with Crippen molar-refractivity contribution in [3.63, 3.8) is 0 Å². The van der Waals surface area contributed by atoms with Gasteiger partial charge in [-0.25, -0.2) is 4.68 Å². The van der Waals surface area contributed by atoms with Crippen LogP contribution in [0, 0.1) is 5.92 Å². The molecule has 0 aromatic carbocycles. The van der Waals surface area contributed by atoms with Crippen molar-refractivity contribution in [2.75, 3.05) is 19.6 Å². The first kappa shape index (κ1) is 14.0. The number of amides is 1.